The molecule has 0 heterocycles. The fraction of sp³-hybridized carbons (Fsp3) is 0.395. The van der Waals surface area contributed by atoms with Crippen LogP contribution < -0.4 is 0 Å². The third-order valence-electron chi connectivity index (χ3n) is 10.2. The lowest BCUT2D eigenvalue weighted by Gasteiger charge is -2.33. The third kappa shape index (κ3) is 8.27. The maximum absolute atomic E-state index is 11.7. The normalized spacial score (nSPS) is 12.9. The minimum atomic E-state index is -0.433. The second kappa shape index (κ2) is 16.8. The van der Waals surface area contributed by atoms with E-state index >= 15 is 0 Å². The Hall–Kier alpha value is -3.20. The summed E-state index contributed by atoms with van der Waals surface area (Å²) in [6.45, 7) is 4.55. The summed E-state index contributed by atoms with van der Waals surface area (Å²) in [5.41, 5.74) is 11.0. The summed E-state index contributed by atoms with van der Waals surface area (Å²) in [4.78, 5) is 23.5. The molecule has 0 N–H and O–H groups in total. The Kier molecular flexibility index (Phi) is 12.5. The highest BCUT2D eigenvalue weighted by atomic mass is 35.5. The van der Waals surface area contributed by atoms with E-state index in [0.717, 1.165) is 24.0 Å². The SMILES string of the molecule is CCCCCCCCC1(CCCCCCCC)c2cc(-c3ccc(C(=O)Cl)cc3)ccc2-c2ccc(-c3ccc(C(=O)Cl)cc3)cc21. The van der Waals surface area contributed by atoms with Crippen LogP contribution in [-0.2, 0) is 5.41 Å². The highest BCUT2D eigenvalue weighted by Gasteiger charge is 2.42. The average Bonchev–Trinajstić information content (AvgIpc) is 3.36. The van der Waals surface area contributed by atoms with Gasteiger partial charge in [-0.2, -0.15) is 0 Å². The second-order valence-corrected chi connectivity index (χ2v) is 14.0. The van der Waals surface area contributed by atoms with E-state index < -0.39 is 10.5 Å². The largest absolute Gasteiger partial charge is 0.276 e. The molecular weight excluding hydrogens is 619 g/mol. The molecule has 1 aliphatic rings. The number of hydrogen-bond donors (Lipinski definition) is 0. The highest BCUT2D eigenvalue weighted by Crippen LogP contribution is 2.55. The van der Waals surface area contributed by atoms with Crippen molar-refractivity contribution in [2.24, 2.45) is 0 Å². The molecule has 1 aliphatic carbocycles. The fourth-order valence-electron chi connectivity index (χ4n) is 7.52. The fourth-order valence-corrected chi connectivity index (χ4v) is 7.77. The number of fused-ring (bicyclic) bond motifs is 3. The molecule has 246 valence electrons. The van der Waals surface area contributed by atoms with E-state index in [1.807, 2.05) is 48.5 Å². The van der Waals surface area contributed by atoms with Crippen molar-refractivity contribution in [3.63, 3.8) is 0 Å². The lowest BCUT2D eigenvalue weighted by molar-refractivity contribution is 0.107. The van der Waals surface area contributed by atoms with Crippen molar-refractivity contribution in [2.75, 3.05) is 0 Å². The van der Waals surface area contributed by atoms with Gasteiger partial charge in [-0.25, -0.2) is 0 Å². The molecule has 5 rings (SSSR count). The number of benzene rings is 4. The Bertz CT molecular complexity index is 1530. The highest BCUT2D eigenvalue weighted by molar-refractivity contribution is 6.68. The Morgan fingerprint density at radius 2 is 0.809 bits per heavy atom. The summed E-state index contributed by atoms with van der Waals surface area (Å²) in [7, 11) is 0. The van der Waals surface area contributed by atoms with Gasteiger partial charge in [0.15, 0.2) is 0 Å². The summed E-state index contributed by atoms with van der Waals surface area (Å²) in [5.74, 6) is 0. The number of halogens is 2. The van der Waals surface area contributed by atoms with Gasteiger partial charge in [-0.1, -0.05) is 139 Å². The lowest BCUT2D eigenvalue weighted by atomic mass is 9.70. The van der Waals surface area contributed by atoms with Crippen molar-refractivity contribution in [1.29, 1.82) is 0 Å². The van der Waals surface area contributed by atoms with Gasteiger partial charge in [0.05, 0.1) is 0 Å². The van der Waals surface area contributed by atoms with Gasteiger partial charge < -0.3 is 0 Å². The number of carbonyl (C=O) groups is 2. The van der Waals surface area contributed by atoms with Crippen molar-refractivity contribution in [1.82, 2.24) is 0 Å². The van der Waals surface area contributed by atoms with Crippen molar-refractivity contribution in [3.05, 3.63) is 107 Å². The van der Waals surface area contributed by atoms with Gasteiger partial charge in [-0.3, -0.25) is 9.59 Å². The molecule has 0 spiro atoms. The van der Waals surface area contributed by atoms with Crippen LogP contribution in [0.15, 0.2) is 84.9 Å². The molecule has 47 heavy (non-hydrogen) atoms. The van der Waals surface area contributed by atoms with Gasteiger partial charge in [0.1, 0.15) is 0 Å². The van der Waals surface area contributed by atoms with Gasteiger partial charge in [0.2, 0.25) is 0 Å². The van der Waals surface area contributed by atoms with Crippen LogP contribution in [-0.4, -0.2) is 10.5 Å². The first kappa shape index (κ1) is 35.1. The van der Waals surface area contributed by atoms with Gasteiger partial charge in [-0.05, 0) is 117 Å². The number of rotatable bonds is 18. The Labute approximate surface area is 291 Å². The molecule has 0 aliphatic heterocycles. The predicted molar refractivity (Wildman–Crippen MR) is 200 cm³/mol. The van der Waals surface area contributed by atoms with Gasteiger partial charge >= 0.3 is 0 Å². The Morgan fingerprint density at radius 1 is 0.468 bits per heavy atom. The van der Waals surface area contributed by atoms with Crippen LogP contribution in [0, 0.1) is 0 Å². The van der Waals surface area contributed by atoms with Crippen molar-refractivity contribution >= 4 is 33.7 Å². The van der Waals surface area contributed by atoms with Crippen LogP contribution in [0.3, 0.4) is 0 Å². The molecule has 4 aromatic rings. The molecule has 4 heteroatoms. The molecule has 0 amide bonds. The molecule has 4 aromatic carbocycles. The van der Waals surface area contributed by atoms with E-state index in [4.69, 9.17) is 23.2 Å². The van der Waals surface area contributed by atoms with Crippen molar-refractivity contribution in [2.45, 2.75) is 109 Å². The number of hydrogen-bond acceptors (Lipinski definition) is 2. The predicted octanol–water partition coefficient (Wildman–Crippen LogP) is 13.5. The van der Waals surface area contributed by atoms with Crippen LogP contribution in [0.25, 0.3) is 33.4 Å². The smallest absolute Gasteiger partial charge is 0.252 e. The second-order valence-electron chi connectivity index (χ2n) is 13.3. The molecule has 0 saturated heterocycles. The lowest BCUT2D eigenvalue weighted by Crippen LogP contribution is -2.25. The summed E-state index contributed by atoms with van der Waals surface area (Å²) in [5, 5.41) is -0.866. The summed E-state index contributed by atoms with van der Waals surface area (Å²) >= 11 is 11.5. The zero-order valence-electron chi connectivity index (χ0n) is 28.1. The first-order valence-electron chi connectivity index (χ1n) is 17.8. The minimum absolute atomic E-state index is 0.0791. The quantitative estimate of drug-likeness (QED) is 0.0782. The van der Waals surface area contributed by atoms with Gasteiger partial charge in [0.25, 0.3) is 10.5 Å². The zero-order valence-corrected chi connectivity index (χ0v) is 29.6. The Morgan fingerprint density at radius 3 is 1.17 bits per heavy atom. The van der Waals surface area contributed by atoms with Crippen molar-refractivity contribution < 1.29 is 9.59 Å². The van der Waals surface area contributed by atoms with E-state index in [-0.39, 0.29) is 5.41 Å². The molecule has 0 aromatic heterocycles. The molecule has 0 bridgehead atoms. The summed E-state index contributed by atoms with van der Waals surface area (Å²) in [6, 6.07) is 29.3. The Balaban J connectivity index is 1.58. The first-order chi connectivity index (χ1) is 22.9. The number of unbranched alkanes of at least 4 members (excludes halogenated alkanes) is 10. The maximum Gasteiger partial charge on any atom is 0.252 e. The van der Waals surface area contributed by atoms with Crippen LogP contribution >= 0.6 is 23.2 Å². The van der Waals surface area contributed by atoms with E-state index in [1.165, 1.54) is 110 Å². The molecule has 0 fully saturated rings. The van der Waals surface area contributed by atoms with E-state index in [1.54, 1.807) is 0 Å². The standard InChI is InChI=1S/C43H48Cl2O2/c1-3-5-7-9-11-13-27-43(28-14-12-10-8-6-4-2)39-29-35(31-15-19-33(20-16-31)41(44)46)23-25-37(39)38-26-24-36(30-40(38)43)32-17-21-34(22-18-32)42(45)47/h15-26,29-30H,3-14,27-28H2,1-2H3. The van der Waals surface area contributed by atoms with Crippen LogP contribution in [0.5, 0.6) is 0 Å². The van der Waals surface area contributed by atoms with Gasteiger partial charge in [0, 0.05) is 16.5 Å². The molecule has 2 nitrogen and oxygen atoms in total. The molecule has 0 saturated carbocycles. The van der Waals surface area contributed by atoms with E-state index in [0.29, 0.717) is 11.1 Å². The summed E-state index contributed by atoms with van der Waals surface area (Å²) < 4.78 is 0. The molecule has 0 unspecified atom stereocenters. The van der Waals surface area contributed by atoms with Crippen molar-refractivity contribution in [3.8, 4) is 33.4 Å². The summed E-state index contributed by atoms with van der Waals surface area (Å²) in [6.07, 6.45) is 17.5. The van der Waals surface area contributed by atoms with Crippen LogP contribution in [0.1, 0.15) is 136 Å². The number of carbonyl (C=O) groups excluding carboxylic acids is 2. The topological polar surface area (TPSA) is 34.1 Å². The van der Waals surface area contributed by atoms with E-state index in [2.05, 4.69) is 50.2 Å². The monoisotopic (exact) mass is 666 g/mol. The van der Waals surface area contributed by atoms with E-state index in [9.17, 15) is 9.59 Å². The van der Waals surface area contributed by atoms with Crippen LogP contribution in [0.2, 0.25) is 0 Å². The molecule has 0 atom stereocenters. The minimum Gasteiger partial charge on any atom is -0.276 e. The molecule has 0 radical (unpaired) electrons. The zero-order chi connectivity index (χ0) is 33.2. The first-order valence-corrected chi connectivity index (χ1v) is 18.5. The molecular formula is C43H48Cl2O2. The van der Waals surface area contributed by atoms with Crippen LogP contribution in [0.4, 0.5) is 0 Å². The van der Waals surface area contributed by atoms with Gasteiger partial charge in [-0.15, -0.1) is 0 Å². The maximum atomic E-state index is 11.7. The average molecular weight is 668 g/mol. The third-order valence-corrected chi connectivity index (χ3v) is 10.6.